The van der Waals surface area contributed by atoms with Gasteiger partial charge in [-0.2, -0.15) is 0 Å². The largest absolute Gasteiger partial charge is 0.207 e. The lowest BCUT2D eigenvalue weighted by Gasteiger charge is -2.35. The van der Waals surface area contributed by atoms with Gasteiger partial charge in [-0.15, -0.1) is 11.6 Å². The van der Waals surface area contributed by atoms with Crippen LogP contribution < -0.4 is 0 Å². The van der Waals surface area contributed by atoms with Crippen molar-refractivity contribution in [2.75, 3.05) is 0 Å². The maximum absolute atomic E-state index is 13.4. The molecule has 3 atom stereocenters. The van der Waals surface area contributed by atoms with Crippen molar-refractivity contribution in [1.82, 2.24) is 0 Å². The Bertz CT molecular complexity index is 413. The van der Waals surface area contributed by atoms with E-state index >= 15 is 0 Å². The second-order valence-electron chi connectivity index (χ2n) is 6.08. The van der Waals surface area contributed by atoms with E-state index < -0.39 is 0 Å². The molecule has 1 aromatic rings. The Morgan fingerprint density at radius 2 is 2.05 bits per heavy atom. The zero-order valence-corrected chi connectivity index (χ0v) is 13.8. The van der Waals surface area contributed by atoms with Crippen LogP contribution in [0.2, 0.25) is 0 Å². The third kappa shape index (κ3) is 4.19. The Labute approximate surface area is 128 Å². The molecule has 0 aromatic heterocycles. The molecule has 0 amide bonds. The van der Waals surface area contributed by atoms with Gasteiger partial charge in [-0.05, 0) is 67.2 Å². The van der Waals surface area contributed by atoms with Crippen LogP contribution in [0.15, 0.2) is 22.7 Å². The Morgan fingerprint density at radius 1 is 1.32 bits per heavy atom. The molecule has 0 radical (unpaired) electrons. The maximum atomic E-state index is 13.4. The van der Waals surface area contributed by atoms with Crippen molar-refractivity contribution < 1.29 is 4.39 Å². The molecule has 1 fully saturated rings. The molecule has 1 aromatic carbocycles. The highest BCUT2D eigenvalue weighted by atomic mass is 79.9. The summed E-state index contributed by atoms with van der Waals surface area (Å²) < 4.78 is 14.2. The quantitative estimate of drug-likeness (QED) is 0.605. The molecular formula is C16H21BrClF. The van der Waals surface area contributed by atoms with E-state index in [4.69, 9.17) is 11.6 Å². The maximum Gasteiger partial charge on any atom is 0.124 e. The standard InChI is InChI=1S/C16H21BrClF/c1-10(2)12-3-4-16(18)13(8-12)5-11-6-14(17)9-15(19)7-11/h6-7,9-10,12-13,16H,3-5,8H2,1-2H3. The number of alkyl halides is 1. The van der Waals surface area contributed by atoms with Crippen LogP contribution in [-0.4, -0.2) is 5.38 Å². The number of rotatable bonds is 3. The first kappa shape index (κ1) is 15.3. The number of hydrogen-bond acceptors (Lipinski definition) is 0. The Morgan fingerprint density at radius 3 is 2.68 bits per heavy atom. The summed E-state index contributed by atoms with van der Waals surface area (Å²) in [4.78, 5) is 0. The third-order valence-electron chi connectivity index (χ3n) is 4.29. The van der Waals surface area contributed by atoms with Gasteiger partial charge >= 0.3 is 0 Å². The minimum Gasteiger partial charge on any atom is -0.207 e. The van der Waals surface area contributed by atoms with Gasteiger partial charge < -0.3 is 0 Å². The molecule has 0 nitrogen and oxygen atoms in total. The predicted octanol–water partition coefficient (Wildman–Crippen LogP) is 5.81. The van der Waals surface area contributed by atoms with Gasteiger partial charge in [0.2, 0.25) is 0 Å². The van der Waals surface area contributed by atoms with Gasteiger partial charge in [0.05, 0.1) is 0 Å². The normalized spacial score (nSPS) is 27.8. The lowest BCUT2D eigenvalue weighted by atomic mass is 9.74. The summed E-state index contributed by atoms with van der Waals surface area (Å²) in [7, 11) is 0. The molecule has 106 valence electrons. The fourth-order valence-electron chi connectivity index (χ4n) is 3.11. The lowest BCUT2D eigenvalue weighted by Crippen LogP contribution is -2.29. The summed E-state index contributed by atoms with van der Waals surface area (Å²) >= 11 is 9.83. The van der Waals surface area contributed by atoms with Crippen LogP contribution in [0.5, 0.6) is 0 Å². The second-order valence-corrected chi connectivity index (χ2v) is 7.55. The molecule has 0 heterocycles. The van der Waals surface area contributed by atoms with Crippen molar-refractivity contribution in [2.45, 2.75) is 44.9 Å². The first-order chi connectivity index (χ1) is 8.95. The van der Waals surface area contributed by atoms with Crippen molar-refractivity contribution in [3.63, 3.8) is 0 Å². The van der Waals surface area contributed by atoms with E-state index in [0.29, 0.717) is 11.8 Å². The Balaban J connectivity index is 2.07. The van der Waals surface area contributed by atoms with Crippen LogP contribution in [0.25, 0.3) is 0 Å². The van der Waals surface area contributed by atoms with E-state index in [1.165, 1.54) is 18.9 Å². The van der Waals surface area contributed by atoms with Gasteiger partial charge in [-0.3, -0.25) is 0 Å². The van der Waals surface area contributed by atoms with Crippen LogP contribution >= 0.6 is 27.5 Å². The first-order valence-electron chi connectivity index (χ1n) is 7.04. The van der Waals surface area contributed by atoms with Crippen molar-refractivity contribution >= 4 is 27.5 Å². The van der Waals surface area contributed by atoms with Crippen LogP contribution in [0.3, 0.4) is 0 Å². The smallest absolute Gasteiger partial charge is 0.124 e. The fraction of sp³-hybridized carbons (Fsp3) is 0.625. The summed E-state index contributed by atoms with van der Waals surface area (Å²) in [6, 6.07) is 5.14. The van der Waals surface area contributed by atoms with Gasteiger partial charge in [-0.25, -0.2) is 4.39 Å². The van der Waals surface area contributed by atoms with Crippen LogP contribution in [0.1, 0.15) is 38.7 Å². The molecule has 1 aliphatic rings. The molecule has 3 heteroatoms. The summed E-state index contributed by atoms with van der Waals surface area (Å²) in [6.07, 6.45) is 4.37. The van der Waals surface area contributed by atoms with Crippen LogP contribution in [0.4, 0.5) is 4.39 Å². The average molecular weight is 348 g/mol. The molecule has 3 unspecified atom stereocenters. The van der Waals surface area contributed by atoms with Crippen molar-refractivity contribution in [1.29, 1.82) is 0 Å². The first-order valence-corrected chi connectivity index (χ1v) is 8.27. The average Bonchev–Trinajstić information content (AvgIpc) is 2.30. The molecule has 0 spiro atoms. The van der Waals surface area contributed by atoms with Crippen LogP contribution in [-0.2, 0) is 6.42 Å². The van der Waals surface area contributed by atoms with Gasteiger partial charge in [0.15, 0.2) is 0 Å². The zero-order valence-electron chi connectivity index (χ0n) is 11.5. The minimum absolute atomic E-state index is 0.174. The molecule has 19 heavy (non-hydrogen) atoms. The van der Waals surface area contributed by atoms with Gasteiger partial charge in [0.1, 0.15) is 5.82 Å². The summed E-state index contributed by atoms with van der Waals surface area (Å²) in [5.41, 5.74) is 1.05. The van der Waals surface area contributed by atoms with E-state index in [-0.39, 0.29) is 11.2 Å². The SMILES string of the molecule is CC(C)C1CCC(Cl)C(Cc2cc(F)cc(Br)c2)C1. The Kier molecular flexibility index (Phi) is 5.30. The zero-order chi connectivity index (χ0) is 14.0. The number of benzene rings is 1. The van der Waals surface area contributed by atoms with Crippen molar-refractivity contribution in [3.8, 4) is 0 Å². The second kappa shape index (κ2) is 6.58. The highest BCUT2D eigenvalue weighted by Gasteiger charge is 2.30. The number of halogens is 3. The number of hydrogen-bond donors (Lipinski definition) is 0. The fourth-order valence-corrected chi connectivity index (χ4v) is 3.94. The molecular weight excluding hydrogens is 327 g/mol. The molecule has 0 aliphatic heterocycles. The monoisotopic (exact) mass is 346 g/mol. The molecule has 0 N–H and O–H groups in total. The van der Waals surface area contributed by atoms with Gasteiger partial charge in [-0.1, -0.05) is 29.8 Å². The van der Waals surface area contributed by atoms with E-state index in [1.807, 2.05) is 6.07 Å². The highest BCUT2D eigenvalue weighted by Crippen LogP contribution is 2.38. The molecule has 0 bridgehead atoms. The highest BCUT2D eigenvalue weighted by molar-refractivity contribution is 9.10. The molecule has 2 rings (SSSR count). The van der Waals surface area contributed by atoms with Crippen LogP contribution in [0, 0.1) is 23.6 Å². The van der Waals surface area contributed by atoms with E-state index in [1.54, 1.807) is 6.07 Å². The molecule has 1 saturated carbocycles. The molecule has 0 saturated heterocycles. The van der Waals surface area contributed by atoms with E-state index in [2.05, 4.69) is 29.8 Å². The minimum atomic E-state index is -0.174. The molecule has 1 aliphatic carbocycles. The van der Waals surface area contributed by atoms with Gasteiger partial charge in [0.25, 0.3) is 0 Å². The summed E-state index contributed by atoms with van der Waals surface area (Å²) in [5, 5.41) is 0.233. The predicted molar refractivity (Wildman–Crippen MR) is 83.1 cm³/mol. The lowest BCUT2D eigenvalue weighted by molar-refractivity contribution is 0.218. The summed E-state index contributed by atoms with van der Waals surface area (Å²) in [5.74, 6) is 1.77. The van der Waals surface area contributed by atoms with Gasteiger partial charge in [0, 0.05) is 9.85 Å². The van der Waals surface area contributed by atoms with Crippen molar-refractivity contribution in [3.05, 3.63) is 34.1 Å². The summed E-state index contributed by atoms with van der Waals surface area (Å²) in [6.45, 7) is 4.57. The topological polar surface area (TPSA) is 0 Å². The third-order valence-corrected chi connectivity index (χ3v) is 5.33. The van der Waals surface area contributed by atoms with E-state index in [9.17, 15) is 4.39 Å². The van der Waals surface area contributed by atoms with E-state index in [0.717, 1.165) is 28.8 Å². The Hall–Kier alpha value is -0.0800. The van der Waals surface area contributed by atoms with Crippen molar-refractivity contribution in [2.24, 2.45) is 17.8 Å².